The van der Waals surface area contributed by atoms with E-state index in [1.165, 1.54) is 24.1 Å². The number of aromatic nitrogens is 1. The molecule has 1 atom stereocenters. The molecule has 1 aromatic heterocycles. The molecule has 13 heavy (non-hydrogen) atoms. The zero-order valence-corrected chi connectivity index (χ0v) is 8.30. The van der Waals surface area contributed by atoms with Gasteiger partial charge in [0.1, 0.15) is 5.82 Å². The summed E-state index contributed by atoms with van der Waals surface area (Å²) in [6.07, 6.45) is 3.52. The van der Waals surface area contributed by atoms with Gasteiger partial charge in [-0.05, 0) is 43.2 Å². The van der Waals surface area contributed by atoms with Gasteiger partial charge in [0.15, 0.2) is 0 Å². The third-order valence-corrected chi connectivity index (χ3v) is 2.86. The Morgan fingerprint density at radius 3 is 3.08 bits per heavy atom. The second-order valence-electron chi connectivity index (χ2n) is 4.14. The van der Waals surface area contributed by atoms with E-state index in [0.29, 0.717) is 5.82 Å². The average molecular weight is 176 g/mol. The number of fused-ring (bicyclic) bond motifs is 1. The largest absolute Gasteiger partial charge is 0.383 e. The summed E-state index contributed by atoms with van der Waals surface area (Å²) < 4.78 is 0. The first kappa shape index (κ1) is 8.54. The number of hydrogen-bond acceptors (Lipinski definition) is 2. The molecule has 0 amide bonds. The van der Waals surface area contributed by atoms with Gasteiger partial charge in [-0.15, -0.1) is 0 Å². The summed E-state index contributed by atoms with van der Waals surface area (Å²) in [7, 11) is 0. The van der Waals surface area contributed by atoms with Gasteiger partial charge >= 0.3 is 0 Å². The van der Waals surface area contributed by atoms with Crippen molar-refractivity contribution in [2.24, 2.45) is 5.92 Å². The van der Waals surface area contributed by atoms with Crippen molar-refractivity contribution in [2.75, 3.05) is 5.73 Å². The van der Waals surface area contributed by atoms with Crippen molar-refractivity contribution in [3.63, 3.8) is 0 Å². The Bertz CT molecular complexity index is 331. The Labute approximate surface area is 79.2 Å². The van der Waals surface area contributed by atoms with E-state index in [4.69, 9.17) is 5.73 Å². The van der Waals surface area contributed by atoms with Gasteiger partial charge in [-0.1, -0.05) is 13.0 Å². The van der Waals surface area contributed by atoms with E-state index in [-0.39, 0.29) is 0 Å². The number of nitrogens with two attached hydrogens (primary N) is 1. The van der Waals surface area contributed by atoms with Crippen LogP contribution in [0.1, 0.15) is 30.2 Å². The predicted molar refractivity (Wildman–Crippen MR) is 54.6 cm³/mol. The molecule has 1 aliphatic carbocycles. The SMILES string of the molecule is Cc1cc2c(nc1N)CCC(C)C2. The van der Waals surface area contributed by atoms with Crippen LogP contribution in [0.5, 0.6) is 0 Å². The minimum Gasteiger partial charge on any atom is -0.383 e. The maximum atomic E-state index is 5.77. The molecule has 0 saturated heterocycles. The second kappa shape index (κ2) is 3.02. The molecule has 0 radical (unpaired) electrons. The molecule has 0 bridgehead atoms. The van der Waals surface area contributed by atoms with Crippen LogP contribution in [0.2, 0.25) is 0 Å². The standard InChI is InChI=1S/C11H16N2/c1-7-3-4-10-9(5-7)6-8(2)11(12)13-10/h6-7H,3-5H2,1-2H3,(H2,12,13). The number of nitrogens with zero attached hydrogens (tertiary/aromatic N) is 1. The molecule has 0 aliphatic heterocycles. The lowest BCUT2D eigenvalue weighted by molar-refractivity contribution is 0.494. The van der Waals surface area contributed by atoms with Gasteiger partial charge in [0.25, 0.3) is 0 Å². The fourth-order valence-electron chi connectivity index (χ4n) is 1.98. The Morgan fingerprint density at radius 2 is 2.31 bits per heavy atom. The zero-order valence-electron chi connectivity index (χ0n) is 8.30. The average Bonchev–Trinajstić information content (AvgIpc) is 2.08. The summed E-state index contributed by atoms with van der Waals surface area (Å²) in [5.74, 6) is 1.51. The lowest BCUT2D eigenvalue weighted by atomic mass is 9.87. The molecule has 2 nitrogen and oxygen atoms in total. The topological polar surface area (TPSA) is 38.9 Å². The third-order valence-electron chi connectivity index (χ3n) is 2.86. The number of pyridine rings is 1. The highest BCUT2D eigenvalue weighted by Gasteiger charge is 2.16. The van der Waals surface area contributed by atoms with Crippen LogP contribution in [0.15, 0.2) is 6.07 Å². The van der Waals surface area contributed by atoms with Crippen LogP contribution in [0, 0.1) is 12.8 Å². The smallest absolute Gasteiger partial charge is 0.126 e. The Morgan fingerprint density at radius 1 is 1.54 bits per heavy atom. The maximum absolute atomic E-state index is 5.77. The van der Waals surface area contributed by atoms with Crippen LogP contribution in [0.25, 0.3) is 0 Å². The van der Waals surface area contributed by atoms with E-state index in [9.17, 15) is 0 Å². The van der Waals surface area contributed by atoms with Gasteiger partial charge in [-0.2, -0.15) is 0 Å². The van der Waals surface area contributed by atoms with Gasteiger partial charge in [0.05, 0.1) is 0 Å². The first-order valence-corrected chi connectivity index (χ1v) is 4.91. The van der Waals surface area contributed by atoms with Crippen molar-refractivity contribution in [3.05, 3.63) is 22.9 Å². The highest BCUT2D eigenvalue weighted by Crippen LogP contribution is 2.26. The minimum atomic E-state index is 0.702. The fourth-order valence-corrected chi connectivity index (χ4v) is 1.98. The molecular formula is C11H16N2. The first-order chi connectivity index (χ1) is 6.16. The Kier molecular flexibility index (Phi) is 1.98. The summed E-state index contributed by atoms with van der Waals surface area (Å²) in [5, 5.41) is 0. The molecule has 70 valence electrons. The van der Waals surface area contributed by atoms with E-state index in [0.717, 1.165) is 17.9 Å². The second-order valence-corrected chi connectivity index (χ2v) is 4.14. The van der Waals surface area contributed by atoms with Gasteiger partial charge in [-0.3, -0.25) is 0 Å². The molecule has 2 rings (SSSR count). The summed E-state index contributed by atoms with van der Waals surface area (Å²) in [6.45, 7) is 4.33. The Balaban J connectivity index is 2.43. The fraction of sp³-hybridized carbons (Fsp3) is 0.545. The molecule has 0 fully saturated rings. The van der Waals surface area contributed by atoms with Gasteiger partial charge < -0.3 is 5.73 Å². The van der Waals surface area contributed by atoms with Crippen molar-refractivity contribution < 1.29 is 0 Å². The summed E-state index contributed by atoms with van der Waals surface area (Å²) in [4.78, 5) is 4.43. The number of rotatable bonds is 0. The highest BCUT2D eigenvalue weighted by molar-refractivity contribution is 5.43. The molecular weight excluding hydrogens is 160 g/mol. The van der Waals surface area contributed by atoms with Crippen molar-refractivity contribution in [1.29, 1.82) is 0 Å². The van der Waals surface area contributed by atoms with E-state index in [1.54, 1.807) is 0 Å². The van der Waals surface area contributed by atoms with E-state index >= 15 is 0 Å². The molecule has 2 heteroatoms. The van der Waals surface area contributed by atoms with Crippen LogP contribution >= 0.6 is 0 Å². The van der Waals surface area contributed by atoms with Crippen LogP contribution < -0.4 is 5.73 Å². The monoisotopic (exact) mass is 176 g/mol. The van der Waals surface area contributed by atoms with Crippen molar-refractivity contribution >= 4 is 5.82 Å². The number of hydrogen-bond donors (Lipinski definition) is 1. The summed E-state index contributed by atoms with van der Waals surface area (Å²) >= 11 is 0. The van der Waals surface area contributed by atoms with Gasteiger partial charge in [0, 0.05) is 5.69 Å². The van der Waals surface area contributed by atoms with Gasteiger partial charge in [-0.25, -0.2) is 4.98 Å². The number of anilines is 1. The third kappa shape index (κ3) is 1.53. The lowest BCUT2D eigenvalue weighted by Crippen LogP contribution is -2.14. The molecule has 0 saturated carbocycles. The van der Waals surface area contributed by atoms with Gasteiger partial charge in [0.2, 0.25) is 0 Å². The zero-order chi connectivity index (χ0) is 9.42. The summed E-state index contributed by atoms with van der Waals surface area (Å²) in [6, 6.07) is 2.20. The quantitative estimate of drug-likeness (QED) is 0.657. The normalized spacial score (nSPS) is 21.2. The first-order valence-electron chi connectivity index (χ1n) is 4.91. The van der Waals surface area contributed by atoms with Crippen molar-refractivity contribution in [1.82, 2.24) is 4.98 Å². The molecule has 0 spiro atoms. The number of nitrogen functional groups attached to an aromatic ring is 1. The van der Waals surface area contributed by atoms with Crippen LogP contribution in [-0.4, -0.2) is 4.98 Å². The van der Waals surface area contributed by atoms with E-state index in [2.05, 4.69) is 18.0 Å². The van der Waals surface area contributed by atoms with Crippen LogP contribution in [0.3, 0.4) is 0 Å². The molecule has 1 unspecified atom stereocenters. The maximum Gasteiger partial charge on any atom is 0.126 e. The van der Waals surface area contributed by atoms with Crippen LogP contribution in [0.4, 0.5) is 5.82 Å². The minimum absolute atomic E-state index is 0.702. The molecule has 2 N–H and O–H groups in total. The molecule has 0 aromatic carbocycles. The lowest BCUT2D eigenvalue weighted by Gasteiger charge is -2.21. The predicted octanol–water partition coefficient (Wildman–Crippen LogP) is 2.10. The summed E-state index contributed by atoms with van der Waals surface area (Å²) in [5.41, 5.74) is 9.52. The Hall–Kier alpha value is -1.05. The highest BCUT2D eigenvalue weighted by atomic mass is 14.8. The van der Waals surface area contributed by atoms with Crippen molar-refractivity contribution in [2.45, 2.75) is 33.1 Å². The molecule has 1 heterocycles. The van der Waals surface area contributed by atoms with Crippen LogP contribution in [-0.2, 0) is 12.8 Å². The molecule has 1 aromatic rings. The number of aryl methyl sites for hydroxylation is 2. The molecule has 1 aliphatic rings. The van der Waals surface area contributed by atoms with E-state index < -0.39 is 0 Å². The van der Waals surface area contributed by atoms with E-state index in [1.807, 2.05) is 6.92 Å². The van der Waals surface area contributed by atoms with Crippen molar-refractivity contribution in [3.8, 4) is 0 Å².